The topological polar surface area (TPSA) is 75.0 Å². The van der Waals surface area contributed by atoms with Crippen molar-refractivity contribution in [2.24, 2.45) is 0 Å². The van der Waals surface area contributed by atoms with E-state index in [-0.39, 0.29) is 5.56 Å². The van der Waals surface area contributed by atoms with Gasteiger partial charge in [0, 0.05) is 5.56 Å². The van der Waals surface area contributed by atoms with Gasteiger partial charge in [-0.05, 0) is 67.8 Å². The van der Waals surface area contributed by atoms with Gasteiger partial charge in [-0.25, -0.2) is 0 Å². The van der Waals surface area contributed by atoms with E-state index in [1.807, 2.05) is 55.5 Å². The summed E-state index contributed by atoms with van der Waals surface area (Å²) in [6.07, 6.45) is 7.25. The third-order valence-corrected chi connectivity index (χ3v) is 6.59. The molecule has 2 heterocycles. The third-order valence-electron chi connectivity index (χ3n) is 5.63. The van der Waals surface area contributed by atoms with Gasteiger partial charge in [-0.2, -0.15) is 9.50 Å². The Bertz CT molecular complexity index is 1380. The fourth-order valence-electron chi connectivity index (χ4n) is 3.68. The quantitative estimate of drug-likeness (QED) is 0.222. The first-order valence-corrected chi connectivity index (χ1v) is 13.5. The second-order valence-electron chi connectivity index (χ2n) is 8.47. The van der Waals surface area contributed by atoms with Crippen molar-refractivity contribution in [1.82, 2.24) is 14.6 Å². The molecule has 0 N–H and O–H groups in total. The van der Waals surface area contributed by atoms with Crippen molar-refractivity contribution in [3.05, 3.63) is 62.9 Å². The minimum Gasteiger partial charge on any atom is -0.494 e. The van der Waals surface area contributed by atoms with E-state index in [1.54, 1.807) is 0 Å². The van der Waals surface area contributed by atoms with Crippen LogP contribution in [0.5, 0.6) is 17.2 Å². The molecule has 0 amide bonds. The van der Waals surface area contributed by atoms with Gasteiger partial charge < -0.3 is 14.2 Å². The number of aromatic nitrogens is 3. The van der Waals surface area contributed by atoms with Gasteiger partial charge in [0.1, 0.15) is 5.75 Å². The van der Waals surface area contributed by atoms with Crippen molar-refractivity contribution < 1.29 is 14.2 Å². The summed E-state index contributed by atoms with van der Waals surface area (Å²) >= 11 is 1.32. The van der Waals surface area contributed by atoms with Crippen LogP contribution in [0.4, 0.5) is 0 Å². The Morgan fingerprint density at radius 1 is 0.889 bits per heavy atom. The molecule has 0 radical (unpaired) electrons. The first kappa shape index (κ1) is 25.7. The molecule has 0 fully saturated rings. The van der Waals surface area contributed by atoms with Crippen molar-refractivity contribution in [3.8, 4) is 28.6 Å². The van der Waals surface area contributed by atoms with Crippen LogP contribution in [0.2, 0.25) is 0 Å². The smallest absolute Gasteiger partial charge is 0.291 e. The van der Waals surface area contributed by atoms with Gasteiger partial charge in [0.25, 0.3) is 5.56 Å². The molecule has 190 valence electrons. The number of ether oxygens (including phenoxy) is 3. The predicted octanol–water partition coefficient (Wildman–Crippen LogP) is 5.51. The van der Waals surface area contributed by atoms with E-state index in [9.17, 15) is 4.79 Å². The van der Waals surface area contributed by atoms with Gasteiger partial charge in [0.05, 0.1) is 24.4 Å². The van der Waals surface area contributed by atoms with Crippen molar-refractivity contribution in [1.29, 1.82) is 0 Å². The lowest BCUT2D eigenvalue weighted by molar-refractivity contribution is 0.271. The van der Waals surface area contributed by atoms with Gasteiger partial charge in [-0.1, -0.05) is 50.5 Å². The highest BCUT2D eigenvalue weighted by atomic mass is 32.1. The van der Waals surface area contributed by atoms with Gasteiger partial charge in [0.2, 0.25) is 4.96 Å². The van der Waals surface area contributed by atoms with Crippen LogP contribution in [0.1, 0.15) is 58.4 Å². The Morgan fingerprint density at radius 3 is 2.39 bits per heavy atom. The highest BCUT2D eigenvalue weighted by Crippen LogP contribution is 2.29. The second-order valence-corrected chi connectivity index (χ2v) is 9.48. The summed E-state index contributed by atoms with van der Waals surface area (Å²) in [7, 11) is 0. The van der Waals surface area contributed by atoms with E-state index in [4.69, 9.17) is 14.2 Å². The largest absolute Gasteiger partial charge is 0.494 e. The summed E-state index contributed by atoms with van der Waals surface area (Å²) in [6, 6.07) is 13.4. The lowest BCUT2D eigenvalue weighted by Gasteiger charge is -2.12. The number of hydrogen-bond donors (Lipinski definition) is 0. The highest BCUT2D eigenvalue weighted by molar-refractivity contribution is 7.15. The lowest BCUT2D eigenvalue weighted by atomic mass is 10.2. The molecule has 0 saturated carbocycles. The van der Waals surface area contributed by atoms with Crippen LogP contribution < -0.4 is 24.3 Å². The van der Waals surface area contributed by atoms with E-state index >= 15 is 0 Å². The molecule has 0 atom stereocenters. The molecule has 0 saturated heterocycles. The van der Waals surface area contributed by atoms with Crippen LogP contribution in [0.3, 0.4) is 0 Å². The number of rotatable bonds is 13. The molecule has 7 nitrogen and oxygen atoms in total. The van der Waals surface area contributed by atoms with Crippen LogP contribution >= 0.6 is 11.3 Å². The molecule has 8 heteroatoms. The average Bonchev–Trinajstić information content (AvgIpc) is 3.43. The molecule has 4 aromatic rings. The molecule has 36 heavy (non-hydrogen) atoms. The predicted molar refractivity (Wildman–Crippen MR) is 144 cm³/mol. The normalized spacial score (nSPS) is 11.8. The van der Waals surface area contributed by atoms with Crippen LogP contribution in [0.25, 0.3) is 22.4 Å². The Balaban J connectivity index is 1.54. The minimum absolute atomic E-state index is 0.189. The Hall–Kier alpha value is -3.39. The Morgan fingerprint density at radius 2 is 1.67 bits per heavy atom. The number of benzene rings is 2. The summed E-state index contributed by atoms with van der Waals surface area (Å²) in [5.41, 5.74) is 1.51. The third kappa shape index (κ3) is 6.23. The Kier molecular flexibility index (Phi) is 8.95. The number of unbranched alkanes of at least 4 members (excludes halogenated alkanes) is 3. The molecule has 4 rings (SSSR count). The maximum Gasteiger partial charge on any atom is 0.291 e. The molecule has 0 aliphatic heterocycles. The zero-order chi connectivity index (χ0) is 25.3. The summed E-state index contributed by atoms with van der Waals surface area (Å²) < 4.78 is 19.4. The molecule has 0 aliphatic carbocycles. The lowest BCUT2D eigenvalue weighted by Crippen LogP contribution is -2.23. The van der Waals surface area contributed by atoms with Crippen LogP contribution in [0, 0.1) is 0 Å². The van der Waals surface area contributed by atoms with Crippen molar-refractivity contribution in [3.63, 3.8) is 0 Å². The van der Waals surface area contributed by atoms with Crippen molar-refractivity contribution in [2.75, 3.05) is 19.8 Å². The van der Waals surface area contributed by atoms with Gasteiger partial charge in [0.15, 0.2) is 17.3 Å². The number of hydrogen-bond acceptors (Lipinski definition) is 7. The molecular formula is C28H33N3O4S. The summed E-state index contributed by atoms with van der Waals surface area (Å²) in [6.45, 7) is 8.14. The van der Waals surface area contributed by atoms with Gasteiger partial charge in [-0.3, -0.25) is 4.79 Å². The first-order chi connectivity index (χ1) is 17.6. The van der Waals surface area contributed by atoms with Crippen LogP contribution in [0.15, 0.2) is 47.3 Å². The molecule has 0 unspecified atom stereocenters. The number of fused-ring (bicyclic) bond motifs is 1. The zero-order valence-corrected chi connectivity index (χ0v) is 22.0. The Labute approximate surface area is 215 Å². The van der Waals surface area contributed by atoms with Crippen LogP contribution in [-0.4, -0.2) is 34.4 Å². The van der Waals surface area contributed by atoms with Crippen molar-refractivity contribution >= 4 is 22.4 Å². The molecule has 2 aromatic carbocycles. The number of nitrogens with zero attached hydrogens (tertiary/aromatic N) is 3. The molecule has 0 bridgehead atoms. The maximum absolute atomic E-state index is 13.0. The standard InChI is InChI=1S/C28H33N3O4S/c1-4-7-9-17-35-23-15-10-20(18-24(23)33-6-3)19-25-27(32)31-28(36-25)29-26(30-31)21-11-13-22(14-12-21)34-16-8-5-2/h10-15,18-19H,4-9,16-17H2,1-3H3/b25-19-. The zero-order valence-electron chi connectivity index (χ0n) is 21.2. The van der Waals surface area contributed by atoms with E-state index in [0.29, 0.717) is 40.9 Å². The summed E-state index contributed by atoms with van der Waals surface area (Å²) in [5.74, 6) is 2.74. The van der Waals surface area contributed by atoms with Crippen molar-refractivity contribution in [2.45, 2.75) is 52.9 Å². The summed E-state index contributed by atoms with van der Waals surface area (Å²) in [4.78, 5) is 18.2. The SMILES string of the molecule is CCCCCOc1ccc(/C=c2\sc3nc(-c4ccc(OCCCC)cc4)nn3c2=O)cc1OCC. The summed E-state index contributed by atoms with van der Waals surface area (Å²) in [5, 5.41) is 4.46. The van der Waals surface area contributed by atoms with Gasteiger partial charge in [-0.15, -0.1) is 5.10 Å². The number of thiazole rings is 1. The van der Waals surface area contributed by atoms with E-state index in [2.05, 4.69) is 23.9 Å². The average molecular weight is 508 g/mol. The fourth-order valence-corrected chi connectivity index (χ4v) is 4.59. The highest BCUT2D eigenvalue weighted by Gasteiger charge is 2.13. The van der Waals surface area contributed by atoms with E-state index < -0.39 is 0 Å². The van der Waals surface area contributed by atoms with Crippen LogP contribution in [-0.2, 0) is 0 Å². The maximum atomic E-state index is 13.0. The molecule has 2 aromatic heterocycles. The molecule has 0 spiro atoms. The van der Waals surface area contributed by atoms with E-state index in [1.165, 1.54) is 15.9 Å². The second kappa shape index (κ2) is 12.5. The fraction of sp³-hybridized carbons (Fsp3) is 0.393. The monoisotopic (exact) mass is 507 g/mol. The van der Waals surface area contributed by atoms with E-state index in [0.717, 1.165) is 54.7 Å². The molecule has 0 aliphatic rings. The minimum atomic E-state index is -0.189. The molecular weight excluding hydrogens is 474 g/mol. The first-order valence-electron chi connectivity index (χ1n) is 12.7. The van der Waals surface area contributed by atoms with Gasteiger partial charge >= 0.3 is 0 Å².